The van der Waals surface area contributed by atoms with E-state index in [9.17, 15) is 24.5 Å². The Balaban J connectivity index is 1.69. The van der Waals surface area contributed by atoms with Gasteiger partial charge in [0, 0.05) is 18.2 Å². The van der Waals surface area contributed by atoms with Crippen molar-refractivity contribution in [2.24, 2.45) is 0 Å². The monoisotopic (exact) mass is 440 g/mol. The van der Waals surface area contributed by atoms with Gasteiger partial charge in [-0.1, -0.05) is 6.92 Å². The third-order valence-electron chi connectivity index (χ3n) is 5.26. The SMILES string of the molecule is CCCN1C(=O)COc2ccc(C(=O)C(C)N3C(=O)COc4ccc([N+](=O)[O-])nc43)cc21. The highest BCUT2D eigenvalue weighted by Gasteiger charge is 2.38. The van der Waals surface area contributed by atoms with E-state index in [-0.39, 0.29) is 36.3 Å². The molecule has 1 atom stereocenters. The molecule has 0 aliphatic carbocycles. The first-order chi connectivity index (χ1) is 15.3. The van der Waals surface area contributed by atoms with Gasteiger partial charge in [0.2, 0.25) is 0 Å². The van der Waals surface area contributed by atoms with Crippen LogP contribution in [0.4, 0.5) is 17.3 Å². The van der Waals surface area contributed by atoms with Gasteiger partial charge < -0.3 is 24.5 Å². The second kappa shape index (κ2) is 8.25. The molecule has 166 valence electrons. The van der Waals surface area contributed by atoms with Gasteiger partial charge in [-0.3, -0.25) is 19.3 Å². The van der Waals surface area contributed by atoms with Crippen LogP contribution < -0.4 is 19.3 Å². The van der Waals surface area contributed by atoms with Crippen LogP contribution in [0, 0.1) is 10.1 Å². The number of ketones is 1. The highest BCUT2D eigenvalue weighted by atomic mass is 16.6. The summed E-state index contributed by atoms with van der Waals surface area (Å²) in [6, 6.07) is 6.24. The molecule has 1 aromatic heterocycles. The highest BCUT2D eigenvalue weighted by molar-refractivity contribution is 6.10. The van der Waals surface area contributed by atoms with Crippen molar-refractivity contribution < 1.29 is 28.8 Å². The lowest BCUT2D eigenvalue weighted by atomic mass is 10.0. The molecule has 0 saturated heterocycles. The maximum atomic E-state index is 13.3. The molecular weight excluding hydrogens is 420 g/mol. The quantitative estimate of drug-likeness (QED) is 0.379. The van der Waals surface area contributed by atoms with Crippen LogP contribution in [0.2, 0.25) is 0 Å². The number of anilines is 2. The summed E-state index contributed by atoms with van der Waals surface area (Å²) < 4.78 is 10.8. The number of fused-ring (bicyclic) bond motifs is 2. The fourth-order valence-corrected chi connectivity index (χ4v) is 3.72. The van der Waals surface area contributed by atoms with Crippen LogP contribution in [0.15, 0.2) is 30.3 Å². The van der Waals surface area contributed by atoms with Crippen molar-refractivity contribution >= 4 is 34.9 Å². The number of nitro groups is 1. The molecule has 3 heterocycles. The van der Waals surface area contributed by atoms with E-state index < -0.39 is 28.5 Å². The van der Waals surface area contributed by atoms with Crippen LogP contribution in [-0.2, 0) is 9.59 Å². The molecule has 0 saturated carbocycles. The first-order valence-electron chi connectivity index (χ1n) is 10.0. The van der Waals surface area contributed by atoms with Crippen molar-refractivity contribution in [1.82, 2.24) is 4.98 Å². The van der Waals surface area contributed by atoms with Gasteiger partial charge >= 0.3 is 5.82 Å². The number of rotatable bonds is 6. The molecular formula is C21H20N4O7. The van der Waals surface area contributed by atoms with Crippen molar-refractivity contribution in [1.29, 1.82) is 0 Å². The van der Waals surface area contributed by atoms with Gasteiger partial charge in [0.25, 0.3) is 17.6 Å². The van der Waals surface area contributed by atoms with Crippen LogP contribution in [0.25, 0.3) is 0 Å². The predicted molar refractivity (Wildman–Crippen MR) is 112 cm³/mol. The zero-order valence-corrected chi connectivity index (χ0v) is 17.4. The number of carbonyl (C=O) groups is 3. The number of hydrogen-bond acceptors (Lipinski definition) is 8. The number of nitrogens with zero attached hydrogens (tertiary/aromatic N) is 4. The topological polar surface area (TPSA) is 132 Å². The number of Topliss-reactive ketones (excluding diaryl/α,β-unsaturated/α-hetero) is 1. The molecule has 2 aromatic rings. The van der Waals surface area contributed by atoms with Crippen LogP contribution >= 0.6 is 0 Å². The Morgan fingerprint density at radius 1 is 1.16 bits per heavy atom. The van der Waals surface area contributed by atoms with E-state index in [1.54, 1.807) is 23.1 Å². The summed E-state index contributed by atoms with van der Waals surface area (Å²) in [6.07, 6.45) is 0.725. The molecule has 0 fully saturated rings. The van der Waals surface area contributed by atoms with E-state index in [2.05, 4.69) is 4.98 Å². The van der Waals surface area contributed by atoms with E-state index in [4.69, 9.17) is 9.47 Å². The minimum Gasteiger partial charge on any atom is -0.482 e. The molecule has 32 heavy (non-hydrogen) atoms. The number of amides is 2. The molecule has 0 bridgehead atoms. The lowest BCUT2D eigenvalue weighted by Gasteiger charge is -2.31. The van der Waals surface area contributed by atoms with E-state index in [0.29, 0.717) is 18.0 Å². The van der Waals surface area contributed by atoms with Crippen molar-refractivity contribution in [3.8, 4) is 11.5 Å². The summed E-state index contributed by atoms with van der Waals surface area (Å²) in [5, 5.41) is 11.1. The minimum atomic E-state index is -1.02. The zero-order valence-electron chi connectivity index (χ0n) is 17.4. The van der Waals surface area contributed by atoms with E-state index >= 15 is 0 Å². The molecule has 0 spiro atoms. The van der Waals surface area contributed by atoms with E-state index in [1.807, 2.05) is 6.92 Å². The summed E-state index contributed by atoms with van der Waals surface area (Å²) in [6.45, 7) is 3.54. The fourth-order valence-electron chi connectivity index (χ4n) is 3.72. The number of carbonyl (C=O) groups excluding carboxylic acids is 3. The van der Waals surface area contributed by atoms with Crippen LogP contribution in [-0.4, -0.2) is 53.3 Å². The lowest BCUT2D eigenvalue weighted by Crippen LogP contribution is -2.48. The number of hydrogen-bond donors (Lipinski definition) is 0. The summed E-state index contributed by atoms with van der Waals surface area (Å²) in [5.74, 6) is -1.05. The average Bonchev–Trinajstić information content (AvgIpc) is 2.79. The van der Waals surface area contributed by atoms with Crippen LogP contribution in [0.3, 0.4) is 0 Å². The van der Waals surface area contributed by atoms with Gasteiger partial charge in [0.1, 0.15) is 11.8 Å². The predicted octanol–water partition coefficient (Wildman–Crippen LogP) is 2.12. The first kappa shape index (κ1) is 21.2. The molecule has 0 N–H and O–H groups in total. The second-order valence-electron chi connectivity index (χ2n) is 7.36. The maximum Gasteiger partial charge on any atom is 0.366 e. The van der Waals surface area contributed by atoms with Crippen molar-refractivity contribution in [2.75, 3.05) is 29.6 Å². The van der Waals surface area contributed by atoms with Gasteiger partial charge in [0.05, 0.1) is 5.69 Å². The third-order valence-corrected chi connectivity index (χ3v) is 5.26. The molecule has 2 aliphatic heterocycles. The molecule has 11 heteroatoms. The molecule has 0 radical (unpaired) electrons. The standard InChI is InChI=1S/C21H20N4O7/c1-3-8-23-14-9-13(4-5-15(14)31-10-18(23)26)20(28)12(2)24-19(27)11-32-16-6-7-17(25(29)30)22-21(16)24/h4-7,9,12H,3,8,10-11H2,1-2H3. The average molecular weight is 440 g/mol. The van der Waals surface area contributed by atoms with E-state index in [0.717, 1.165) is 11.3 Å². The van der Waals surface area contributed by atoms with Crippen molar-refractivity contribution in [3.05, 3.63) is 46.0 Å². The van der Waals surface area contributed by atoms with Crippen molar-refractivity contribution in [3.63, 3.8) is 0 Å². The van der Waals surface area contributed by atoms with Crippen LogP contribution in [0.5, 0.6) is 11.5 Å². The number of aromatic nitrogens is 1. The largest absolute Gasteiger partial charge is 0.482 e. The van der Waals surface area contributed by atoms with Crippen LogP contribution in [0.1, 0.15) is 30.6 Å². The third kappa shape index (κ3) is 3.61. The normalized spacial score (nSPS) is 15.9. The molecule has 1 unspecified atom stereocenters. The Kier molecular flexibility index (Phi) is 5.47. The Bertz CT molecular complexity index is 1130. The zero-order chi connectivity index (χ0) is 23.0. The Morgan fingerprint density at radius 2 is 1.84 bits per heavy atom. The minimum absolute atomic E-state index is 0.0692. The van der Waals surface area contributed by atoms with Gasteiger partial charge in [-0.2, -0.15) is 0 Å². The summed E-state index contributed by atoms with van der Waals surface area (Å²) in [5.41, 5.74) is 0.755. The Morgan fingerprint density at radius 3 is 2.56 bits per heavy atom. The maximum absolute atomic E-state index is 13.3. The molecule has 2 amide bonds. The van der Waals surface area contributed by atoms with Gasteiger partial charge in [-0.25, -0.2) is 0 Å². The van der Waals surface area contributed by atoms with Gasteiger partial charge in [-0.15, -0.1) is 0 Å². The van der Waals surface area contributed by atoms with Crippen molar-refractivity contribution in [2.45, 2.75) is 26.3 Å². The van der Waals surface area contributed by atoms with E-state index in [1.165, 1.54) is 19.1 Å². The number of pyridine rings is 1. The Hall–Kier alpha value is -4.02. The summed E-state index contributed by atoms with van der Waals surface area (Å²) >= 11 is 0. The van der Waals surface area contributed by atoms with Gasteiger partial charge in [-0.05, 0) is 47.5 Å². The first-order valence-corrected chi connectivity index (χ1v) is 10.0. The molecule has 11 nitrogen and oxygen atoms in total. The smallest absolute Gasteiger partial charge is 0.366 e. The molecule has 1 aromatic carbocycles. The number of benzene rings is 1. The molecule has 4 rings (SSSR count). The molecule has 2 aliphatic rings. The lowest BCUT2D eigenvalue weighted by molar-refractivity contribution is -0.389. The highest BCUT2D eigenvalue weighted by Crippen LogP contribution is 2.36. The number of ether oxygens (including phenoxy) is 2. The Labute approximate surface area is 182 Å². The fraction of sp³-hybridized carbons (Fsp3) is 0.333. The summed E-state index contributed by atoms with van der Waals surface area (Å²) in [7, 11) is 0. The van der Waals surface area contributed by atoms with Gasteiger partial charge in [0.15, 0.2) is 24.7 Å². The summed E-state index contributed by atoms with van der Waals surface area (Å²) in [4.78, 5) is 55.2. The second-order valence-corrected chi connectivity index (χ2v) is 7.36.